The number of imide groups is 1. The molecule has 0 N–H and O–H groups in total. The van der Waals surface area contributed by atoms with Crippen molar-refractivity contribution in [3.05, 3.63) is 82.9 Å². The summed E-state index contributed by atoms with van der Waals surface area (Å²) < 4.78 is 19.9. The molecule has 2 heterocycles. The van der Waals surface area contributed by atoms with Crippen LogP contribution in [-0.4, -0.2) is 49.9 Å². The number of ether oxygens (including phenoxy) is 2. The fourth-order valence-electron chi connectivity index (χ4n) is 5.19. The predicted molar refractivity (Wildman–Crippen MR) is 145 cm³/mol. The monoisotopic (exact) mass is 519 g/mol. The second-order valence-corrected chi connectivity index (χ2v) is 16.7. The lowest BCUT2D eigenvalue weighted by Gasteiger charge is -2.48. The molecule has 2 aliphatic heterocycles. The molecule has 1 saturated heterocycles. The van der Waals surface area contributed by atoms with E-state index in [0.29, 0.717) is 11.1 Å². The van der Waals surface area contributed by atoms with E-state index in [9.17, 15) is 9.59 Å². The van der Waals surface area contributed by atoms with Gasteiger partial charge in [-0.2, -0.15) is 0 Å². The first-order valence-corrected chi connectivity index (χ1v) is 16.1. The molecular weight excluding hydrogens is 482 g/mol. The largest absolute Gasteiger partial charge is 0.413 e. The van der Waals surface area contributed by atoms with Gasteiger partial charge >= 0.3 is 0 Å². The molecular formula is C30H37NO5Si. The third-order valence-electron chi connectivity index (χ3n) is 8.46. The number of nitrogens with zero attached hydrogens (tertiary/aromatic N) is 1. The van der Waals surface area contributed by atoms with Crippen LogP contribution in [-0.2, 0) is 13.9 Å². The molecule has 1 aliphatic carbocycles. The molecule has 5 rings (SSSR count). The Morgan fingerprint density at radius 3 is 2.14 bits per heavy atom. The Kier molecular flexibility index (Phi) is 6.77. The molecule has 37 heavy (non-hydrogen) atoms. The maximum Gasteiger partial charge on any atom is 0.261 e. The molecule has 1 fully saturated rings. The Labute approximate surface area is 220 Å². The molecule has 5 atom stereocenters. The molecule has 2 amide bonds. The van der Waals surface area contributed by atoms with Crippen molar-refractivity contribution in [2.24, 2.45) is 5.92 Å². The van der Waals surface area contributed by atoms with Crippen LogP contribution >= 0.6 is 0 Å². The Morgan fingerprint density at radius 1 is 0.946 bits per heavy atom. The van der Waals surface area contributed by atoms with E-state index in [4.69, 9.17) is 13.9 Å². The molecule has 2 aromatic rings. The number of carbonyl (C=O) groups excluding carboxylic acids is 2. The van der Waals surface area contributed by atoms with Crippen molar-refractivity contribution in [2.45, 2.75) is 76.8 Å². The van der Waals surface area contributed by atoms with Crippen molar-refractivity contribution in [3.8, 4) is 0 Å². The first kappa shape index (κ1) is 26.0. The van der Waals surface area contributed by atoms with Crippen LogP contribution in [0.25, 0.3) is 0 Å². The van der Waals surface area contributed by atoms with Crippen molar-refractivity contribution in [1.82, 2.24) is 4.90 Å². The average molecular weight is 520 g/mol. The minimum Gasteiger partial charge on any atom is -0.413 e. The third kappa shape index (κ3) is 4.74. The smallest absolute Gasteiger partial charge is 0.261 e. The zero-order valence-corrected chi connectivity index (χ0v) is 23.6. The lowest BCUT2D eigenvalue weighted by atomic mass is 9.81. The molecule has 3 aliphatic rings. The normalized spacial score (nSPS) is 28.1. The van der Waals surface area contributed by atoms with Gasteiger partial charge in [-0.05, 0) is 42.3 Å². The van der Waals surface area contributed by atoms with Gasteiger partial charge in [0.1, 0.15) is 6.10 Å². The number of fused-ring (bicyclic) bond motifs is 2. The number of amides is 2. The summed E-state index contributed by atoms with van der Waals surface area (Å²) in [7, 11) is -1.99. The van der Waals surface area contributed by atoms with Crippen LogP contribution in [0, 0.1) is 5.92 Å². The number of hydrogen-bond donors (Lipinski definition) is 0. The van der Waals surface area contributed by atoms with Crippen molar-refractivity contribution >= 4 is 20.1 Å². The van der Waals surface area contributed by atoms with Crippen LogP contribution in [0.2, 0.25) is 18.1 Å². The molecule has 0 radical (unpaired) electrons. The minimum absolute atomic E-state index is 0.0316. The maximum atomic E-state index is 13.1. The molecule has 0 spiro atoms. The van der Waals surface area contributed by atoms with Crippen LogP contribution in [0.1, 0.15) is 66.7 Å². The summed E-state index contributed by atoms with van der Waals surface area (Å²) in [5.74, 6) is -0.451. The van der Waals surface area contributed by atoms with Gasteiger partial charge in [-0.3, -0.25) is 14.5 Å². The Hall–Kier alpha value is -2.58. The van der Waals surface area contributed by atoms with Gasteiger partial charge in [-0.25, -0.2) is 0 Å². The molecule has 6 nitrogen and oxygen atoms in total. The van der Waals surface area contributed by atoms with E-state index in [1.807, 2.05) is 30.3 Å². The van der Waals surface area contributed by atoms with Crippen molar-refractivity contribution in [1.29, 1.82) is 0 Å². The van der Waals surface area contributed by atoms with Crippen LogP contribution in [0.15, 0.2) is 66.2 Å². The third-order valence-corrected chi connectivity index (χ3v) is 13.0. The van der Waals surface area contributed by atoms with E-state index < -0.39 is 20.7 Å². The summed E-state index contributed by atoms with van der Waals surface area (Å²) in [6.07, 6.45) is 1.65. The fraction of sp³-hybridized carbons (Fsp3) is 0.467. The number of hydrogen-bond acceptors (Lipinski definition) is 5. The van der Waals surface area contributed by atoms with Crippen molar-refractivity contribution < 1.29 is 23.5 Å². The molecule has 196 valence electrons. The van der Waals surface area contributed by atoms with Gasteiger partial charge in [0.2, 0.25) is 0 Å². The first-order chi connectivity index (χ1) is 17.5. The van der Waals surface area contributed by atoms with E-state index in [0.717, 1.165) is 17.6 Å². The average Bonchev–Trinajstić information content (AvgIpc) is 3.10. The van der Waals surface area contributed by atoms with E-state index in [1.54, 1.807) is 24.3 Å². The summed E-state index contributed by atoms with van der Waals surface area (Å²) in [6, 6.07) is 16.8. The lowest BCUT2D eigenvalue weighted by Crippen LogP contribution is -2.53. The summed E-state index contributed by atoms with van der Waals surface area (Å²) in [6.45, 7) is 13.7. The summed E-state index contributed by atoms with van der Waals surface area (Å²) >= 11 is 0. The highest BCUT2D eigenvalue weighted by Crippen LogP contribution is 2.44. The zero-order valence-electron chi connectivity index (χ0n) is 22.6. The van der Waals surface area contributed by atoms with Crippen LogP contribution in [0.4, 0.5) is 0 Å². The van der Waals surface area contributed by atoms with Crippen LogP contribution < -0.4 is 0 Å². The topological polar surface area (TPSA) is 65.1 Å². The summed E-state index contributed by atoms with van der Waals surface area (Å²) in [4.78, 5) is 27.6. The number of benzene rings is 2. The zero-order chi connectivity index (χ0) is 26.5. The SMILES string of the molecule is C[C@@H]1[C@H](O[Si](C)(C)C(C)(C)C)CC=C2[C@@H](CN3C(=O)c4ccccc4C3=O)O[C@H](c3ccccc3)O[C@@H]21. The minimum atomic E-state index is -1.99. The van der Waals surface area contributed by atoms with Gasteiger partial charge in [-0.15, -0.1) is 0 Å². The molecule has 7 heteroatoms. The first-order valence-electron chi connectivity index (χ1n) is 13.2. The molecule has 0 saturated carbocycles. The van der Waals surface area contributed by atoms with E-state index in [-0.39, 0.29) is 41.5 Å². The molecule has 0 bridgehead atoms. The predicted octanol–water partition coefficient (Wildman–Crippen LogP) is 6.12. The molecule has 0 unspecified atom stereocenters. The van der Waals surface area contributed by atoms with Gasteiger partial charge in [0, 0.05) is 11.5 Å². The van der Waals surface area contributed by atoms with Gasteiger partial charge in [-0.1, -0.05) is 76.2 Å². The maximum absolute atomic E-state index is 13.1. The highest BCUT2D eigenvalue weighted by Gasteiger charge is 2.48. The van der Waals surface area contributed by atoms with E-state index in [1.165, 1.54) is 4.90 Å². The second-order valence-electron chi connectivity index (χ2n) is 11.9. The van der Waals surface area contributed by atoms with Gasteiger partial charge in [0.05, 0.1) is 29.9 Å². The lowest BCUT2D eigenvalue weighted by molar-refractivity contribution is -0.237. The van der Waals surface area contributed by atoms with Gasteiger partial charge in [0.25, 0.3) is 11.8 Å². The van der Waals surface area contributed by atoms with Gasteiger partial charge in [0.15, 0.2) is 14.6 Å². The number of carbonyl (C=O) groups is 2. The van der Waals surface area contributed by atoms with Crippen molar-refractivity contribution in [2.75, 3.05) is 6.54 Å². The van der Waals surface area contributed by atoms with E-state index in [2.05, 4.69) is 46.9 Å². The Bertz CT molecular complexity index is 1180. The highest BCUT2D eigenvalue weighted by molar-refractivity contribution is 6.74. The summed E-state index contributed by atoms with van der Waals surface area (Å²) in [5.41, 5.74) is 2.80. The van der Waals surface area contributed by atoms with Crippen LogP contribution in [0.5, 0.6) is 0 Å². The summed E-state index contributed by atoms with van der Waals surface area (Å²) in [5, 5.41) is 0.105. The quantitative estimate of drug-likeness (QED) is 0.270. The standard InChI is InChI=1S/C30H37NO5Si/c1-19-24(36-37(5,6)30(2,3)4)17-16-23-25(34-29(35-26(19)23)20-12-8-7-9-13-20)18-31-27(32)21-14-10-11-15-22(21)28(31)33/h7-16,19,24-26,29H,17-18H2,1-6H3/t19-,24-,25-,26-,29+/m1/s1. The Morgan fingerprint density at radius 2 is 1.54 bits per heavy atom. The molecule has 2 aromatic carbocycles. The highest BCUT2D eigenvalue weighted by atomic mass is 28.4. The fourth-order valence-corrected chi connectivity index (χ4v) is 6.61. The van der Waals surface area contributed by atoms with Gasteiger partial charge < -0.3 is 13.9 Å². The molecule has 0 aromatic heterocycles. The van der Waals surface area contributed by atoms with E-state index >= 15 is 0 Å². The van der Waals surface area contributed by atoms with Crippen molar-refractivity contribution in [3.63, 3.8) is 0 Å². The number of rotatable bonds is 5. The second kappa shape index (κ2) is 9.62. The van der Waals surface area contributed by atoms with Crippen LogP contribution in [0.3, 0.4) is 0 Å². The Balaban J connectivity index is 1.45.